The number of rotatable bonds is 6. The zero-order chi connectivity index (χ0) is 15.2. The van der Waals surface area contributed by atoms with Crippen LogP contribution in [0.2, 0.25) is 0 Å². The number of aromatic nitrogens is 1. The highest BCUT2D eigenvalue weighted by Gasteiger charge is 2.24. The number of anilines is 1. The van der Waals surface area contributed by atoms with Crippen LogP contribution in [0.1, 0.15) is 27.7 Å². The van der Waals surface area contributed by atoms with Gasteiger partial charge in [-0.25, -0.2) is 4.98 Å². The van der Waals surface area contributed by atoms with E-state index >= 15 is 0 Å². The van der Waals surface area contributed by atoms with Crippen LogP contribution in [-0.4, -0.2) is 54.7 Å². The Hall–Kier alpha value is -1.13. The number of hydrogen-bond acceptors (Lipinski definition) is 4. The third-order valence-corrected chi connectivity index (χ3v) is 4.54. The van der Waals surface area contributed by atoms with Crippen LogP contribution in [0.5, 0.6) is 0 Å². The minimum atomic E-state index is 0.570. The van der Waals surface area contributed by atoms with Gasteiger partial charge >= 0.3 is 0 Å². The van der Waals surface area contributed by atoms with Gasteiger partial charge in [-0.05, 0) is 31.5 Å². The van der Waals surface area contributed by atoms with Gasteiger partial charge in [0, 0.05) is 44.5 Å². The van der Waals surface area contributed by atoms with Crippen molar-refractivity contribution < 1.29 is 0 Å². The van der Waals surface area contributed by atoms with Crippen molar-refractivity contribution >= 4 is 5.82 Å². The highest BCUT2D eigenvalue weighted by Crippen LogP contribution is 2.17. The highest BCUT2D eigenvalue weighted by molar-refractivity contribution is 5.38. The first-order valence-corrected chi connectivity index (χ1v) is 8.21. The molecule has 0 aromatic carbocycles. The normalized spacial score (nSPS) is 19.8. The van der Waals surface area contributed by atoms with Crippen LogP contribution >= 0.6 is 0 Å². The summed E-state index contributed by atoms with van der Waals surface area (Å²) in [5.41, 5.74) is 0. The molecule has 0 amide bonds. The maximum atomic E-state index is 4.45. The van der Waals surface area contributed by atoms with Gasteiger partial charge in [-0.2, -0.15) is 0 Å². The van der Waals surface area contributed by atoms with Crippen LogP contribution in [0.3, 0.4) is 0 Å². The van der Waals surface area contributed by atoms with Crippen molar-refractivity contribution in [3.05, 3.63) is 24.4 Å². The lowest BCUT2D eigenvalue weighted by atomic mass is 10.0. The molecule has 1 fully saturated rings. The van der Waals surface area contributed by atoms with Gasteiger partial charge in [0.25, 0.3) is 0 Å². The lowest BCUT2D eigenvalue weighted by Crippen LogP contribution is -2.52. The van der Waals surface area contributed by atoms with E-state index in [1.54, 1.807) is 0 Å². The Bertz CT molecular complexity index is 399. The smallest absolute Gasteiger partial charge is 0.128 e. The van der Waals surface area contributed by atoms with Crippen LogP contribution in [0, 0.1) is 5.92 Å². The van der Waals surface area contributed by atoms with E-state index in [2.05, 4.69) is 59.9 Å². The van der Waals surface area contributed by atoms with Crippen molar-refractivity contribution in [2.24, 2.45) is 5.92 Å². The molecule has 0 aliphatic carbocycles. The molecule has 2 atom stereocenters. The Morgan fingerprint density at radius 2 is 1.81 bits per heavy atom. The lowest BCUT2D eigenvalue weighted by molar-refractivity contribution is 0.149. The molecular formula is C17H30N4. The summed E-state index contributed by atoms with van der Waals surface area (Å²) in [6.45, 7) is 14.6. The monoisotopic (exact) mass is 290 g/mol. The second-order valence-corrected chi connectivity index (χ2v) is 6.49. The van der Waals surface area contributed by atoms with E-state index < -0.39 is 0 Å². The van der Waals surface area contributed by atoms with E-state index in [4.69, 9.17) is 0 Å². The van der Waals surface area contributed by atoms with E-state index in [-0.39, 0.29) is 0 Å². The van der Waals surface area contributed by atoms with E-state index in [0.29, 0.717) is 18.0 Å². The summed E-state index contributed by atoms with van der Waals surface area (Å²) in [6, 6.07) is 7.35. The van der Waals surface area contributed by atoms with E-state index in [9.17, 15) is 0 Å². The highest BCUT2D eigenvalue weighted by atomic mass is 15.3. The van der Waals surface area contributed by atoms with Crippen molar-refractivity contribution in [2.75, 3.05) is 37.6 Å². The Balaban J connectivity index is 1.80. The van der Waals surface area contributed by atoms with Gasteiger partial charge in [0.05, 0.1) is 0 Å². The van der Waals surface area contributed by atoms with Gasteiger partial charge in [-0.15, -0.1) is 0 Å². The van der Waals surface area contributed by atoms with Gasteiger partial charge in [0.15, 0.2) is 0 Å². The molecule has 0 spiro atoms. The molecule has 0 saturated carbocycles. The van der Waals surface area contributed by atoms with Gasteiger partial charge in [0.2, 0.25) is 0 Å². The fourth-order valence-electron chi connectivity index (χ4n) is 2.85. The summed E-state index contributed by atoms with van der Waals surface area (Å²) >= 11 is 0. The second-order valence-electron chi connectivity index (χ2n) is 6.49. The maximum Gasteiger partial charge on any atom is 0.128 e. The summed E-state index contributed by atoms with van der Waals surface area (Å²) < 4.78 is 0. The SMILES string of the molecule is CC(C)NCC(C)C(C)N1CCN(c2ccccn2)CC1. The van der Waals surface area contributed by atoms with Crippen molar-refractivity contribution in [1.29, 1.82) is 0 Å². The summed E-state index contributed by atoms with van der Waals surface area (Å²) in [5.74, 6) is 1.79. The third-order valence-electron chi connectivity index (χ3n) is 4.54. The number of nitrogens with one attached hydrogen (secondary N) is 1. The minimum absolute atomic E-state index is 0.570. The largest absolute Gasteiger partial charge is 0.354 e. The molecule has 118 valence electrons. The first-order valence-electron chi connectivity index (χ1n) is 8.21. The molecule has 0 radical (unpaired) electrons. The molecule has 1 N–H and O–H groups in total. The van der Waals surface area contributed by atoms with E-state index in [1.165, 1.54) is 0 Å². The van der Waals surface area contributed by atoms with Crippen molar-refractivity contribution in [3.63, 3.8) is 0 Å². The average molecular weight is 290 g/mol. The molecule has 21 heavy (non-hydrogen) atoms. The average Bonchev–Trinajstić information content (AvgIpc) is 2.53. The predicted octanol–water partition coefficient (Wildman–Crippen LogP) is 2.23. The van der Waals surface area contributed by atoms with Crippen LogP contribution in [0.25, 0.3) is 0 Å². The van der Waals surface area contributed by atoms with E-state index in [0.717, 1.165) is 38.5 Å². The van der Waals surface area contributed by atoms with Gasteiger partial charge in [-0.3, -0.25) is 4.90 Å². The zero-order valence-electron chi connectivity index (χ0n) is 13.9. The van der Waals surface area contributed by atoms with Gasteiger partial charge in [-0.1, -0.05) is 26.8 Å². The first-order chi connectivity index (χ1) is 10.1. The molecule has 1 aliphatic heterocycles. The molecule has 1 aliphatic rings. The number of hydrogen-bond donors (Lipinski definition) is 1. The third kappa shape index (κ3) is 4.68. The molecule has 2 rings (SSSR count). The second kappa shape index (κ2) is 7.76. The molecule has 0 bridgehead atoms. The summed E-state index contributed by atoms with van der Waals surface area (Å²) in [5, 5.41) is 3.55. The predicted molar refractivity (Wildman–Crippen MR) is 89.8 cm³/mol. The van der Waals surface area contributed by atoms with Gasteiger partial charge < -0.3 is 10.2 Å². The minimum Gasteiger partial charge on any atom is -0.354 e. The molecule has 1 saturated heterocycles. The zero-order valence-corrected chi connectivity index (χ0v) is 13.9. The van der Waals surface area contributed by atoms with Crippen LogP contribution in [0.15, 0.2) is 24.4 Å². The van der Waals surface area contributed by atoms with Crippen LogP contribution in [-0.2, 0) is 0 Å². The standard InChI is InChI=1S/C17H30N4/c1-14(2)19-13-15(3)16(4)20-9-11-21(12-10-20)17-7-5-6-8-18-17/h5-8,14-16,19H,9-13H2,1-4H3. The summed E-state index contributed by atoms with van der Waals surface area (Å²) in [6.07, 6.45) is 1.88. The summed E-state index contributed by atoms with van der Waals surface area (Å²) in [4.78, 5) is 9.46. The Kier molecular flexibility index (Phi) is 6.00. The Morgan fingerprint density at radius 3 is 2.38 bits per heavy atom. The molecule has 1 aromatic rings. The number of piperazine rings is 1. The fraction of sp³-hybridized carbons (Fsp3) is 0.706. The number of pyridine rings is 1. The Morgan fingerprint density at radius 1 is 1.10 bits per heavy atom. The number of nitrogens with zero attached hydrogens (tertiary/aromatic N) is 3. The molecule has 4 heteroatoms. The van der Waals surface area contributed by atoms with Crippen molar-refractivity contribution in [3.8, 4) is 0 Å². The fourth-order valence-corrected chi connectivity index (χ4v) is 2.85. The van der Waals surface area contributed by atoms with Crippen molar-refractivity contribution in [1.82, 2.24) is 15.2 Å². The Labute approximate surface area is 129 Å². The van der Waals surface area contributed by atoms with Gasteiger partial charge in [0.1, 0.15) is 5.82 Å². The molecular weight excluding hydrogens is 260 g/mol. The molecule has 1 aromatic heterocycles. The van der Waals surface area contributed by atoms with Crippen LogP contribution in [0.4, 0.5) is 5.82 Å². The summed E-state index contributed by atoms with van der Waals surface area (Å²) in [7, 11) is 0. The van der Waals surface area contributed by atoms with E-state index in [1.807, 2.05) is 12.3 Å². The quantitative estimate of drug-likeness (QED) is 0.870. The first kappa shape index (κ1) is 16.2. The molecule has 2 unspecified atom stereocenters. The molecule has 4 nitrogen and oxygen atoms in total. The van der Waals surface area contributed by atoms with Crippen LogP contribution < -0.4 is 10.2 Å². The molecule has 2 heterocycles. The van der Waals surface area contributed by atoms with Crippen molar-refractivity contribution in [2.45, 2.75) is 39.8 Å². The topological polar surface area (TPSA) is 31.4 Å². The lowest BCUT2D eigenvalue weighted by Gasteiger charge is -2.40. The maximum absolute atomic E-state index is 4.45.